The number of rotatable bonds is 7. The highest BCUT2D eigenvalue weighted by Crippen LogP contribution is 2.29. The molecule has 144 valence electrons. The lowest BCUT2D eigenvalue weighted by Crippen LogP contribution is -2.43. The van der Waals surface area contributed by atoms with Crippen LogP contribution in [-0.2, 0) is 33.3 Å². The number of amides is 1. The van der Waals surface area contributed by atoms with E-state index in [9.17, 15) is 22.8 Å². The maximum atomic E-state index is 12.8. The molecule has 1 atom stereocenters. The third kappa shape index (κ3) is 6.44. The average Bonchev–Trinajstić information content (AvgIpc) is 2.65. The van der Waals surface area contributed by atoms with Gasteiger partial charge in [-0.05, 0) is 23.6 Å². The molecule has 0 heterocycles. The first-order valence-corrected chi connectivity index (χ1v) is 8.37. The fraction of sp³-hybridized carbons (Fsp3) is 0.300. The van der Waals surface area contributed by atoms with E-state index in [0.29, 0.717) is 6.42 Å². The smallest absolute Gasteiger partial charge is 0.416 e. The summed E-state index contributed by atoms with van der Waals surface area (Å²) >= 11 is 0. The largest absolute Gasteiger partial charge is 0.467 e. The molecule has 27 heavy (non-hydrogen) atoms. The fourth-order valence-electron chi connectivity index (χ4n) is 2.61. The molecule has 2 rings (SSSR count). The number of ether oxygens (including phenoxy) is 1. The standard InChI is InChI=1S/C20H20F3NO3/c1-27-19(26)17(13-15-8-5-9-16(12-15)20(21,22)23)24-18(25)11-10-14-6-3-2-4-7-14/h2-9,12,17H,10-11,13H2,1H3,(H,24,25)/t17-/m1/s1. The number of alkyl halides is 3. The lowest BCUT2D eigenvalue weighted by Gasteiger charge is -2.17. The molecule has 4 nitrogen and oxygen atoms in total. The van der Waals surface area contributed by atoms with Gasteiger partial charge in [-0.2, -0.15) is 13.2 Å². The lowest BCUT2D eigenvalue weighted by atomic mass is 10.0. The summed E-state index contributed by atoms with van der Waals surface area (Å²) in [6, 6.07) is 13.0. The zero-order chi connectivity index (χ0) is 19.9. The van der Waals surface area contributed by atoms with Crippen LogP contribution in [0.4, 0.5) is 13.2 Å². The van der Waals surface area contributed by atoms with Gasteiger partial charge in [-0.15, -0.1) is 0 Å². The van der Waals surface area contributed by atoms with E-state index < -0.39 is 23.8 Å². The predicted molar refractivity (Wildman–Crippen MR) is 93.9 cm³/mol. The highest BCUT2D eigenvalue weighted by molar-refractivity contribution is 5.84. The van der Waals surface area contributed by atoms with E-state index in [-0.39, 0.29) is 24.3 Å². The molecule has 1 N–H and O–H groups in total. The third-order valence-corrected chi connectivity index (χ3v) is 4.00. The minimum atomic E-state index is -4.48. The Labute approximate surface area is 155 Å². The van der Waals surface area contributed by atoms with Gasteiger partial charge in [0.2, 0.25) is 5.91 Å². The van der Waals surface area contributed by atoms with Crippen LogP contribution in [0.3, 0.4) is 0 Å². The fourth-order valence-corrected chi connectivity index (χ4v) is 2.61. The highest BCUT2D eigenvalue weighted by Gasteiger charge is 2.31. The van der Waals surface area contributed by atoms with Crippen molar-refractivity contribution in [2.24, 2.45) is 0 Å². The third-order valence-electron chi connectivity index (χ3n) is 4.00. The summed E-state index contributed by atoms with van der Waals surface area (Å²) in [6.07, 6.45) is -3.92. The molecule has 2 aromatic rings. The molecular formula is C20H20F3NO3. The molecule has 0 bridgehead atoms. The summed E-state index contributed by atoms with van der Waals surface area (Å²) in [5, 5.41) is 2.55. The summed E-state index contributed by atoms with van der Waals surface area (Å²) in [4.78, 5) is 24.1. The Bertz CT molecular complexity index is 776. The van der Waals surface area contributed by atoms with Crippen molar-refractivity contribution in [2.45, 2.75) is 31.5 Å². The van der Waals surface area contributed by atoms with Crippen LogP contribution < -0.4 is 5.32 Å². The molecule has 0 aliphatic rings. The second kappa shape index (κ2) is 9.21. The first-order valence-electron chi connectivity index (χ1n) is 8.37. The zero-order valence-corrected chi connectivity index (χ0v) is 14.8. The number of nitrogens with one attached hydrogen (secondary N) is 1. The Morgan fingerprint density at radius 3 is 2.33 bits per heavy atom. The molecular weight excluding hydrogens is 359 g/mol. The molecule has 0 spiro atoms. The van der Waals surface area contributed by atoms with Crippen molar-refractivity contribution in [3.05, 3.63) is 71.3 Å². The maximum Gasteiger partial charge on any atom is 0.416 e. The van der Waals surface area contributed by atoms with E-state index in [0.717, 1.165) is 24.8 Å². The van der Waals surface area contributed by atoms with Crippen LogP contribution in [0, 0.1) is 0 Å². The zero-order valence-electron chi connectivity index (χ0n) is 14.8. The quantitative estimate of drug-likeness (QED) is 0.749. The number of hydrogen-bond donors (Lipinski definition) is 1. The van der Waals surface area contributed by atoms with Crippen LogP contribution >= 0.6 is 0 Å². The first kappa shape index (κ1) is 20.5. The van der Waals surface area contributed by atoms with Crippen molar-refractivity contribution in [1.29, 1.82) is 0 Å². The van der Waals surface area contributed by atoms with Crippen molar-refractivity contribution in [1.82, 2.24) is 5.32 Å². The number of hydrogen-bond acceptors (Lipinski definition) is 3. The van der Waals surface area contributed by atoms with Gasteiger partial charge in [0, 0.05) is 12.8 Å². The van der Waals surface area contributed by atoms with E-state index in [1.165, 1.54) is 12.1 Å². The van der Waals surface area contributed by atoms with Crippen molar-refractivity contribution in [3.63, 3.8) is 0 Å². The molecule has 0 saturated carbocycles. The molecule has 2 aromatic carbocycles. The predicted octanol–water partition coefficient (Wildman–Crippen LogP) is 3.54. The van der Waals surface area contributed by atoms with Crippen molar-refractivity contribution in [2.75, 3.05) is 7.11 Å². The van der Waals surface area contributed by atoms with Gasteiger partial charge >= 0.3 is 12.1 Å². The number of methoxy groups -OCH3 is 1. The SMILES string of the molecule is COC(=O)[C@@H](Cc1cccc(C(F)(F)F)c1)NC(=O)CCc1ccccc1. The molecule has 0 saturated heterocycles. The van der Waals surface area contributed by atoms with E-state index in [2.05, 4.69) is 10.1 Å². The molecule has 0 fully saturated rings. The summed E-state index contributed by atoms with van der Waals surface area (Å²) < 4.78 is 43.2. The Morgan fingerprint density at radius 1 is 1.04 bits per heavy atom. The lowest BCUT2D eigenvalue weighted by molar-refractivity contribution is -0.145. The molecule has 0 radical (unpaired) electrons. The summed E-state index contributed by atoms with van der Waals surface area (Å²) in [5.41, 5.74) is 0.447. The maximum absolute atomic E-state index is 12.8. The molecule has 0 aliphatic heterocycles. The Morgan fingerprint density at radius 2 is 1.70 bits per heavy atom. The van der Waals surface area contributed by atoms with Crippen LogP contribution in [0.25, 0.3) is 0 Å². The summed E-state index contributed by atoms with van der Waals surface area (Å²) in [6.45, 7) is 0. The van der Waals surface area contributed by atoms with Gasteiger partial charge in [-0.3, -0.25) is 4.79 Å². The monoisotopic (exact) mass is 379 g/mol. The minimum absolute atomic E-state index is 0.0896. The second-order valence-corrected chi connectivity index (χ2v) is 6.03. The van der Waals surface area contributed by atoms with Gasteiger partial charge in [-0.1, -0.05) is 48.5 Å². The van der Waals surface area contributed by atoms with Crippen molar-refractivity contribution in [3.8, 4) is 0 Å². The van der Waals surface area contributed by atoms with E-state index in [1.54, 1.807) is 0 Å². The first-order chi connectivity index (χ1) is 12.8. The van der Waals surface area contributed by atoms with Gasteiger partial charge < -0.3 is 10.1 Å². The molecule has 0 unspecified atom stereocenters. The van der Waals surface area contributed by atoms with Crippen LogP contribution in [-0.4, -0.2) is 25.0 Å². The van der Waals surface area contributed by atoms with Crippen molar-refractivity contribution >= 4 is 11.9 Å². The average molecular weight is 379 g/mol. The minimum Gasteiger partial charge on any atom is -0.467 e. The molecule has 0 aromatic heterocycles. The number of carbonyl (C=O) groups is 2. The van der Waals surface area contributed by atoms with Gasteiger partial charge in [-0.25, -0.2) is 4.79 Å². The van der Waals surface area contributed by atoms with Gasteiger partial charge in [0.15, 0.2) is 0 Å². The summed E-state index contributed by atoms with van der Waals surface area (Å²) in [5.74, 6) is -1.08. The Kier molecular flexibility index (Phi) is 6.98. The van der Waals surface area contributed by atoms with E-state index in [4.69, 9.17) is 0 Å². The van der Waals surface area contributed by atoms with Crippen LogP contribution in [0.5, 0.6) is 0 Å². The molecule has 1 amide bonds. The number of esters is 1. The molecule has 7 heteroatoms. The number of benzene rings is 2. The van der Waals surface area contributed by atoms with Gasteiger partial charge in [0.25, 0.3) is 0 Å². The normalized spacial score (nSPS) is 12.3. The number of halogens is 3. The number of aryl methyl sites for hydroxylation is 1. The van der Waals surface area contributed by atoms with Crippen molar-refractivity contribution < 1.29 is 27.5 Å². The van der Waals surface area contributed by atoms with Crippen LogP contribution in [0.2, 0.25) is 0 Å². The Hall–Kier alpha value is -2.83. The van der Waals surface area contributed by atoms with Gasteiger partial charge in [0.1, 0.15) is 6.04 Å². The highest BCUT2D eigenvalue weighted by atomic mass is 19.4. The van der Waals surface area contributed by atoms with E-state index in [1.807, 2.05) is 30.3 Å². The number of carbonyl (C=O) groups excluding carboxylic acids is 2. The second-order valence-electron chi connectivity index (χ2n) is 6.03. The summed E-state index contributed by atoms with van der Waals surface area (Å²) in [7, 11) is 1.16. The van der Waals surface area contributed by atoms with Gasteiger partial charge in [0.05, 0.1) is 12.7 Å². The topological polar surface area (TPSA) is 55.4 Å². The Balaban J connectivity index is 2.03. The van der Waals surface area contributed by atoms with Crippen LogP contribution in [0.1, 0.15) is 23.1 Å². The molecule has 0 aliphatic carbocycles. The van der Waals surface area contributed by atoms with Crippen LogP contribution in [0.15, 0.2) is 54.6 Å². The van der Waals surface area contributed by atoms with E-state index >= 15 is 0 Å².